The Morgan fingerprint density at radius 3 is 2.92 bits per heavy atom. The van der Waals surface area contributed by atoms with Crippen LogP contribution in [0.1, 0.15) is 63.4 Å². The molecule has 1 aliphatic rings. The van der Waals surface area contributed by atoms with Crippen LogP contribution in [0.4, 0.5) is 10.6 Å². The van der Waals surface area contributed by atoms with Gasteiger partial charge in [0.2, 0.25) is 0 Å². The van der Waals surface area contributed by atoms with E-state index in [0.717, 1.165) is 12.8 Å². The number of amides is 2. The molecule has 136 valence electrons. The molecule has 2 aromatic heterocycles. The van der Waals surface area contributed by atoms with E-state index in [4.69, 9.17) is 4.42 Å². The minimum absolute atomic E-state index is 0.203. The SMILES string of the molecule is C[C@H](C[C@@H](O)c1ccco1)NC(=O)Nc1ccnn1C1CCCCC1. The molecule has 1 saturated carbocycles. The van der Waals surface area contributed by atoms with Gasteiger partial charge in [-0.3, -0.25) is 5.32 Å². The summed E-state index contributed by atoms with van der Waals surface area (Å²) < 4.78 is 7.10. The van der Waals surface area contributed by atoms with Crippen LogP contribution in [0.25, 0.3) is 0 Å². The predicted octanol–water partition coefficient (Wildman–Crippen LogP) is 3.62. The first kappa shape index (κ1) is 17.5. The fourth-order valence-electron chi connectivity index (χ4n) is 3.40. The topological polar surface area (TPSA) is 92.3 Å². The highest BCUT2D eigenvalue weighted by Crippen LogP contribution is 2.29. The van der Waals surface area contributed by atoms with E-state index in [0.29, 0.717) is 24.0 Å². The minimum atomic E-state index is -0.738. The van der Waals surface area contributed by atoms with Crippen molar-refractivity contribution in [2.24, 2.45) is 0 Å². The molecule has 1 fully saturated rings. The number of urea groups is 1. The van der Waals surface area contributed by atoms with Crippen LogP contribution in [0.5, 0.6) is 0 Å². The number of carbonyl (C=O) groups excluding carboxylic acids is 1. The standard InChI is InChI=1S/C18H26N4O3/c1-13(12-15(23)16-8-5-11-25-16)20-18(24)21-17-9-10-19-22(17)14-6-3-2-4-7-14/h5,8-11,13-15,23H,2-4,6-7,12H2,1H3,(H2,20,21,24)/t13-,15-/m1/s1. The average molecular weight is 346 g/mol. The van der Waals surface area contributed by atoms with Crippen LogP contribution in [0.15, 0.2) is 35.1 Å². The number of hydrogen-bond acceptors (Lipinski definition) is 4. The van der Waals surface area contributed by atoms with Crippen LogP contribution in [0, 0.1) is 0 Å². The minimum Gasteiger partial charge on any atom is -0.467 e. The second-order valence-corrected chi connectivity index (χ2v) is 6.72. The number of aliphatic hydroxyl groups excluding tert-OH is 1. The van der Waals surface area contributed by atoms with Gasteiger partial charge in [-0.05, 0) is 31.9 Å². The Bertz CT molecular complexity index is 662. The van der Waals surface area contributed by atoms with Crippen LogP contribution < -0.4 is 10.6 Å². The molecular weight excluding hydrogens is 320 g/mol. The summed E-state index contributed by atoms with van der Waals surface area (Å²) in [5, 5.41) is 20.2. The van der Waals surface area contributed by atoms with Crippen molar-refractivity contribution in [2.75, 3.05) is 5.32 Å². The molecule has 2 amide bonds. The van der Waals surface area contributed by atoms with E-state index >= 15 is 0 Å². The first-order valence-electron chi connectivity index (χ1n) is 8.96. The summed E-state index contributed by atoms with van der Waals surface area (Å²) in [6.45, 7) is 1.85. The van der Waals surface area contributed by atoms with Crippen LogP contribution in [-0.2, 0) is 0 Å². The molecule has 7 nitrogen and oxygen atoms in total. The van der Waals surface area contributed by atoms with E-state index in [9.17, 15) is 9.90 Å². The summed E-state index contributed by atoms with van der Waals surface area (Å²) >= 11 is 0. The first-order valence-corrected chi connectivity index (χ1v) is 8.96. The van der Waals surface area contributed by atoms with Crippen molar-refractivity contribution in [2.45, 2.75) is 63.6 Å². The smallest absolute Gasteiger partial charge is 0.320 e. The number of anilines is 1. The van der Waals surface area contributed by atoms with Gasteiger partial charge in [0.15, 0.2) is 0 Å². The van der Waals surface area contributed by atoms with Gasteiger partial charge in [-0.2, -0.15) is 5.10 Å². The number of aromatic nitrogens is 2. The molecule has 1 aliphatic carbocycles. The molecule has 0 aromatic carbocycles. The van der Waals surface area contributed by atoms with E-state index in [2.05, 4.69) is 15.7 Å². The number of aliphatic hydroxyl groups is 1. The van der Waals surface area contributed by atoms with Crippen molar-refractivity contribution in [3.63, 3.8) is 0 Å². The van der Waals surface area contributed by atoms with Crippen LogP contribution in [0.3, 0.4) is 0 Å². The quantitative estimate of drug-likeness (QED) is 0.745. The van der Waals surface area contributed by atoms with E-state index in [1.807, 2.05) is 17.7 Å². The molecule has 0 radical (unpaired) electrons. The molecule has 0 bridgehead atoms. The third-order valence-corrected chi connectivity index (χ3v) is 4.66. The zero-order valence-corrected chi connectivity index (χ0v) is 14.5. The van der Waals surface area contributed by atoms with Crippen molar-refractivity contribution in [1.29, 1.82) is 0 Å². The second-order valence-electron chi connectivity index (χ2n) is 6.72. The fraction of sp³-hybridized carbons (Fsp3) is 0.556. The molecule has 0 saturated heterocycles. The zero-order chi connectivity index (χ0) is 17.6. The third-order valence-electron chi connectivity index (χ3n) is 4.66. The number of nitrogens with zero attached hydrogens (tertiary/aromatic N) is 2. The lowest BCUT2D eigenvalue weighted by atomic mass is 9.96. The van der Waals surface area contributed by atoms with E-state index in [-0.39, 0.29) is 12.1 Å². The maximum absolute atomic E-state index is 12.3. The predicted molar refractivity (Wildman–Crippen MR) is 94.3 cm³/mol. The van der Waals surface area contributed by atoms with Gasteiger partial charge in [-0.25, -0.2) is 9.48 Å². The van der Waals surface area contributed by atoms with Gasteiger partial charge in [0.25, 0.3) is 0 Å². The van der Waals surface area contributed by atoms with Crippen LogP contribution >= 0.6 is 0 Å². The Kier molecular flexibility index (Phi) is 5.75. The molecule has 2 heterocycles. The number of hydrogen-bond donors (Lipinski definition) is 3. The van der Waals surface area contributed by atoms with E-state index in [1.165, 1.54) is 25.5 Å². The normalized spacial score (nSPS) is 17.8. The molecule has 2 atom stereocenters. The number of carbonyl (C=O) groups is 1. The van der Waals surface area contributed by atoms with E-state index in [1.54, 1.807) is 18.3 Å². The lowest BCUT2D eigenvalue weighted by Gasteiger charge is -2.24. The van der Waals surface area contributed by atoms with Gasteiger partial charge in [-0.1, -0.05) is 19.3 Å². The van der Waals surface area contributed by atoms with Crippen LogP contribution in [0.2, 0.25) is 0 Å². The summed E-state index contributed by atoms with van der Waals surface area (Å²) in [5.41, 5.74) is 0. The van der Waals surface area contributed by atoms with Crippen molar-refractivity contribution in [3.05, 3.63) is 36.4 Å². The highest BCUT2D eigenvalue weighted by Gasteiger charge is 2.20. The number of nitrogens with one attached hydrogen (secondary N) is 2. The first-order chi connectivity index (χ1) is 12.1. The van der Waals surface area contributed by atoms with Gasteiger partial charge in [0, 0.05) is 18.5 Å². The Labute approximate surface area is 147 Å². The molecule has 2 aromatic rings. The molecule has 0 aliphatic heterocycles. The molecule has 3 rings (SSSR count). The summed E-state index contributed by atoms with van der Waals surface area (Å²) in [4.78, 5) is 12.3. The van der Waals surface area contributed by atoms with E-state index < -0.39 is 6.10 Å². The second kappa shape index (κ2) is 8.20. The molecule has 7 heteroatoms. The van der Waals surface area contributed by atoms with Gasteiger partial charge in [0.1, 0.15) is 17.7 Å². The Morgan fingerprint density at radius 2 is 2.20 bits per heavy atom. The van der Waals surface area contributed by atoms with Crippen molar-refractivity contribution in [1.82, 2.24) is 15.1 Å². The largest absolute Gasteiger partial charge is 0.467 e. The summed E-state index contributed by atoms with van der Waals surface area (Å²) in [6.07, 6.45) is 8.77. The van der Waals surface area contributed by atoms with Gasteiger partial charge >= 0.3 is 6.03 Å². The third kappa shape index (κ3) is 4.63. The lowest BCUT2D eigenvalue weighted by Crippen LogP contribution is -2.37. The molecule has 0 unspecified atom stereocenters. The summed E-state index contributed by atoms with van der Waals surface area (Å²) in [7, 11) is 0. The average Bonchev–Trinajstić information content (AvgIpc) is 3.27. The van der Waals surface area contributed by atoms with Crippen LogP contribution in [-0.4, -0.2) is 27.0 Å². The number of furan rings is 1. The van der Waals surface area contributed by atoms with Gasteiger partial charge < -0.3 is 14.8 Å². The van der Waals surface area contributed by atoms with Crippen molar-refractivity contribution < 1.29 is 14.3 Å². The van der Waals surface area contributed by atoms with Crippen molar-refractivity contribution >= 4 is 11.8 Å². The number of rotatable bonds is 6. The lowest BCUT2D eigenvalue weighted by molar-refractivity contribution is 0.130. The maximum atomic E-state index is 12.3. The van der Waals surface area contributed by atoms with Crippen molar-refractivity contribution in [3.8, 4) is 0 Å². The summed E-state index contributed by atoms with van der Waals surface area (Å²) in [6, 6.07) is 5.13. The Hall–Kier alpha value is -2.28. The highest BCUT2D eigenvalue weighted by molar-refractivity contribution is 5.88. The maximum Gasteiger partial charge on any atom is 0.320 e. The molecular formula is C18H26N4O3. The zero-order valence-electron chi connectivity index (χ0n) is 14.5. The van der Waals surface area contributed by atoms with Gasteiger partial charge in [0.05, 0.1) is 18.5 Å². The molecule has 3 N–H and O–H groups in total. The van der Waals surface area contributed by atoms with Gasteiger partial charge in [-0.15, -0.1) is 0 Å². The summed E-state index contributed by atoms with van der Waals surface area (Å²) in [5.74, 6) is 1.22. The monoisotopic (exact) mass is 346 g/mol. The fourth-order valence-corrected chi connectivity index (χ4v) is 3.40. The Morgan fingerprint density at radius 1 is 1.40 bits per heavy atom. The highest BCUT2D eigenvalue weighted by atomic mass is 16.4. The Balaban J connectivity index is 1.51. The molecule has 0 spiro atoms. The molecule has 25 heavy (non-hydrogen) atoms.